The maximum atomic E-state index is 11.1. The molecule has 22 heavy (non-hydrogen) atoms. The van der Waals surface area contributed by atoms with Gasteiger partial charge in [-0.2, -0.15) is 0 Å². The lowest BCUT2D eigenvalue weighted by atomic mass is 9.92. The highest BCUT2D eigenvalue weighted by Crippen LogP contribution is 2.27. The summed E-state index contributed by atoms with van der Waals surface area (Å²) in [5.41, 5.74) is -0.00112. The largest absolute Gasteiger partial charge is 0.469 e. The third-order valence-corrected chi connectivity index (χ3v) is 4.25. The number of esters is 1. The van der Waals surface area contributed by atoms with Crippen LogP contribution in [-0.2, 0) is 14.9 Å². The van der Waals surface area contributed by atoms with Crippen LogP contribution >= 0.6 is 35.3 Å². The van der Waals surface area contributed by atoms with Gasteiger partial charge in [-0.05, 0) is 18.4 Å². The molecule has 0 spiro atoms. The van der Waals surface area contributed by atoms with Crippen molar-refractivity contribution in [3.63, 3.8) is 0 Å². The molecule has 0 saturated carbocycles. The molecule has 2 N–H and O–H groups in total. The molecule has 0 saturated heterocycles. The third-order valence-electron chi connectivity index (χ3n) is 3.01. The van der Waals surface area contributed by atoms with E-state index >= 15 is 0 Å². The average Bonchev–Trinajstić information content (AvgIpc) is 2.99. The number of methoxy groups -OCH3 is 1. The van der Waals surface area contributed by atoms with Crippen LogP contribution < -0.4 is 10.6 Å². The Morgan fingerprint density at radius 3 is 2.68 bits per heavy atom. The van der Waals surface area contributed by atoms with Gasteiger partial charge < -0.3 is 15.4 Å². The van der Waals surface area contributed by atoms with Crippen molar-refractivity contribution in [1.29, 1.82) is 0 Å². The number of hydrogen-bond donors (Lipinski definition) is 2. The summed E-state index contributed by atoms with van der Waals surface area (Å²) in [6.07, 6.45) is 0.329. The van der Waals surface area contributed by atoms with Crippen molar-refractivity contribution < 1.29 is 9.53 Å². The quantitative estimate of drug-likeness (QED) is 0.297. The number of hydrogen-bond acceptors (Lipinski definition) is 4. The SMILES string of the molecule is CCNC(=NCC(C)(C)c1cccs1)NCCC(=O)OC.I. The van der Waals surface area contributed by atoms with Crippen LogP contribution in [0.2, 0.25) is 0 Å². The number of guanidine groups is 1. The Morgan fingerprint density at radius 2 is 2.14 bits per heavy atom. The third kappa shape index (κ3) is 7.44. The van der Waals surface area contributed by atoms with Crippen LogP contribution in [0.4, 0.5) is 0 Å². The van der Waals surface area contributed by atoms with E-state index in [4.69, 9.17) is 0 Å². The Balaban J connectivity index is 0.00000441. The van der Waals surface area contributed by atoms with E-state index in [1.165, 1.54) is 12.0 Å². The minimum atomic E-state index is -0.225. The number of carbonyl (C=O) groups is 1. The van der Waals surface area contributed by atoms with Gasteiger partial charge in [0.05, 0.1) is 20.1 Å². The number of halogens is 1. The highest BCUT2D eigenvalue weighted by atomic mass is 127. The van der Waals surface area contributed by atoms with Gasteiger partial charge in [0.15, 0.2) is 5.96 Å². The van der Waals surface area contributed by atoms with Gasteiger partial charge >= 0.3 is 5.97 Å². The van der Waals surface area contributed by atoms with E-state index in [2.05, 4.69) is 51.7 Å². The molecular formula is C15H26IN3O2S. The lowest BCUT2D eigenvalue weighted by molar-refractivity contribution is -0.140. The van der Waals surface area contributed by atoms with Crippen molar-refractivity contribution in [3.05, 3.63) is 22.4 Å². The molecule has 0 aliphatic rings. The van der Waals surface area contributed by atoms with Crippen LogP contribution in [0.3, 0.4) is 0 Å². The van der Waals surface area contributed by atoms with Gasteiger partial charge in [-0.3, -0.25) is 9.79 Å². The zero-order valence-electron chi connectivity index (χ0n) is 13.6. The van der Waals surface area contributed by atoms with E-state index in [1.54, 1.807) is 11.3 Å². The zero-order valence-corrected chi connectivity index (χ0v) is 16.8. The number of thiophene rings is 1. The van der Waals surface area contributed by atoms with Crippen LogP contribution in [0.15, 0.2) is 22.5 Å². The van der Waals surface area contributed by atoms with Crippen molar-refractivity contribution in [2.24, 2.45) is 4.99 Å². The van der Waals surface area contributed by atoms with Crippen LogP contribution in [0.1, 0.15) is 32.1 Å². The number of nitrogens with one attached hydrogen (secondary N) is 2. The fourth-order valence-electron chi connectivity index (χ4n) is 1.75. The van der Waals surface area contributed by atoms with Gasteiger partial charge in [-0.15, -0.1) is 35.3 Å². The van der Waals surface area contributed by atoms with Crippen LogP contribution in [0, 0.1) is 0 Å². The average molecular weight is 439 g/mol. The summed E-state index contributed by atoms with van der Waals surface area (Å²) in [6, 6.07) is 4.20. The molecule has 0 aliphatic heterocycles. The molecule has 126 valence electrons. The summed E-state index contributed by atoms with van der Waals surface area (Å²) in [7, 11) is 1.39. The van der Waals surface area contributed by atoms with Gasteiger partial charge in [0.2, 0.25) is 0 Å². The van der Waals surface area contributed by atoms with Crippen LogP contribution in [-0.4, -0.2) is 38.7 Å². The second-order valence-electron chi connectivity index (χ2n) is 5.31. The predicted octanol–water partition coefficient (Wildman–Crippen LogP) is 2.76. The van der Waals surface area contributed by atoms with Crippen molar-refractivity contribution >= 4 is 47.2 Å². The summed E-state index contributed by atoms with van der Waals surface area (Å²) >= 11 is 1.75. The van der Waals surface area contributed by atoms with Crippen molar-refractivity contribution in [2.75, 3.05) is 26.7 Å². The Morgan fingerprint density at radius 1 is 1.41 bits per heavy atom. The first-order valence-corrected chi connectivity index (χ1v) is 8.00. The molecule has 0 radical (unpaired) electrons. The second-order valence-corrected chi connectivity index (χ2v) is 6.26. The molecule has 0 unspecified atom stereocenters. The van der Waals surface area contributed by atoms with E-state index in [0.717, 1.165) is 12.5 Å². The summed E-state index contributed by atoms with van der Waals surface area (Å²) in [5, 5.41) is 8.41. The maximum Gasteiger partial charge on any atom is 0.307 e. The smallest absolute Gasteiger partial charge is 0.307 e. The van der Waals surface area contributed by atoms with Gasteiger partial charge in [0.25, 0.3) is 0 Å². The van der Waals surface area contributed by atoms with E-state index in [9.17, 15) is 4.79 Å². The molecular weight excluding hydrogens is 413 g/mol. The topological polar surface area (TPSA) is 62.7 Å². The molecule has 5 nitrogen and oxygen atoms in total. The van der Waals surface area contributed by atoms with Gasteiger partial charge in [0.1, 0.15) is 0 Å². The molecule has 0 aromatic carbocycles. The van der Waals surface area contributed by atoms with E-state index < -0.39 is 0 Å². The minimum absolute atomic E-state index is 0. The molecule has 1 aromatic rings. The summed E-state index contributed by atoms with van der Waals surface area (Å²) in [4.78, 5) is 17.0. The molecule has 0 bridgehead atoms. The van der Waals surface area contributed by atoms with Crippen LogP contribution in [0.25, 0.3) is 0 Å². The normalized spacial score (nSPS) is 11.5. The standard InChI is InChI=1S/C15H25N3O2S.HI/c1-5-16-14(17-9-8-13(19)20-4)18-11-15(2,3)12-7-6-10-21-12;/h6-7,10H,5,8-9,11H2,1-4H3,(H2,16,17,18);1H. The fraction of sp³-hybridized carbons (Fsp3) is 0.600. The number of rotatable bonds is 7. The van der Waals surface area contributed by atoms with Crippen molar-refractivity contribution in [2.45, 2.75) is 32.6 Å². The predicted molar refractivity (Wildman–Crippen MR) is 103 cm³/mol. The van der Waals surface area contributed by atoms with Crippen LogP contribution in [0.5, 0.6) is 0 Å². The molecule has 7 heteroatoms. The molecule has 0 aliphatic carbocycles. The Labute approximate surface area is 154 Å². The van der Waals surface area contributed by atoms with Gasteiger partial charge in [0, 0.05) is 23.4 Å². The highest BCUT2D eigenvalue weighted by Gasteiger charge is 2.21. The lowest BCUT2D eigenvalue weighted by Crippen LogP contribution is -2.39. The lowest BCUT2D eigenvalue weighted by Gasteiger charge is -2.21. The number of carbonyl (C=O) groups excluding carboxylic acids is 1. The summed E-state index contributed by atoms with van der Waals surface area (Å²) in [5.74, 6) is 0.503. The van der Waals surface area contributed by atoms with Crippen molar-refractivity contribution in [3.8, 4) is 0 Å². The molecule has 0 amide bonds. The Kier molecular flexibility index (Phi) is 10.4. The molecule has 1 heterocycles. The summed E-state index contributed by atoms with van der Waals surface area (Å²) in [6.45, 7) is 8.35. The van der Waals surface area contributed by atoms with E-state index in [0.29, 0.717) is 19.5 Å². The molecule has 0 fully saturated rings. The number of nitrogens with zero attached hydrogens (tertiary/aromatic N) is 1. The van der Waals surface area contributed by atoms with Crippen molar-refractivity contribution in [1.82, 2.24) is 10.6 Å². The van der Waals surface area contributed by atoms with Gasteiger partial charge in [-0.25, -0.2) is 0 Å². The number of ether oxygens (including phenoxy) is 1. The Bertz CT molecular complexity index is 461. The Hall–Kier alpha value is -0.830. The molecule has 1 aromatic heterocycles. The van der Waals surface area contributed by atoms with E-state index in [-0.39, 0.29) is 35.4 Å². The minimum Gasteiger partial charge on any atom is -0.469 e. The van der Waals surface area contributed by atoms with E-state index in [1.807, 2.05) is 6.92 Å². The maximum absolute atomic E-state index is 11.1. The fourth-order valence-corrected chi connectivity index (χ4v) is 2.59. The first-order valence-electron chi connectivity index (χ1n) is 7.12. The summed E-state index contributed by atoms with van der Waals surface area (Å²) < 4.78 is 4.62. The molecule has 0 atom stereocenters. The highest BCUT2D eigenvalue weighted by molar-refractivity contribution is 14.0. The second kappa shape index (κ2) is 10.8. The first kappa shape index (κ1) is 21.2. The van der Waals surface area contributed by atoms with Gasteiger partial charge in [-0.1, -0.05) is 19.9 Å². The first-order chi connectivity index (χ1) is 9.99. The monoisotopic (exact) mass is 439 g/mol. The molecule has 1 rings (SSSR count). The number of aliphatic imine (C=N–C) groups is 1. The zero-order chi connectivity index (χ0) is 15.7.